The molecule has 1 aromatic carbocycles. The lowest BCUT2D eigenvalue weighted by Gasteiger charge is -2.26. The van der Waals surface area contributed by atoms with Gasteiger partial charge in [0.2, 0.25) is 0 Å². The Bertz CT molecular complexity index is 842. The average Bonchev–Trinajstić information content (AvgIpc) is 3.30. The molecule has 0 saturated carbocycles. The summed E-state index contributed by atoms with van der Waals surface area (Å²) in [5.74, 6) is -0.0754. The summed E-state index contributed by atoms with van der Waals surface area (Å²) in [6.45, 7) is 3.77. The highest BCUT2D eigenvalue weighted by Crippen LogP contribution is 2.29. The van der Waals surface area contributed by atoms with Gasteiger partial charge in [0, 0.05) is 30.0 Å². The molecule has 1 atom stereocenters. The molecule has 4 rings (SSSR count). The highest BCUT2D eigenvalue weighted by molar-refractivity contribution is 7.15. The Morgan fingerprint density at radius 1 is 1.35 bits per heavy atom. The molecule has 1 unspecified atom stereocenters. The lowest BCUT2D eigenvalue weighted by Crippen LogP contribution is -2.35. The van der Waals surface area contributed by atoms with Gasteiger partial charge in [-0.25, -0.2) is 4.98 Å². The second-order valence-electron chi connectivity index (χ2n) is 6.67. The van der Waals surface area contributed by atoms with Crippen LogP contribution in [0.2, 0.25) is 0 Å². The van der Waals surface area contributed by atoms with Gasteiger partial charge in [0.05, 0.1) is 12.2 Å². The average molecular weight is 371 g/mol. The van der Waals surface area contributed by atoms with Crippen molar-refractivity contribution >= 4 is 28.3 Å². The zero-order valence-electron chi connectivity index (χ0n) is 14.7. The van der Waals surface area contributed by atoms with Crippen molar-refractivity contribution in [3.63, 3.8) is 0 Å². The summed E-state index contributed by atoms with van der Waals surface area (Å²) in [6.07, 6.45) is 2.02. The monoisotopic (exact) mass is 371 g/mol. The fourth-order valence-electron chi connectivity index (χ4n) is 3.38. The number of rotatable bonds is 3. The number of aryl methyl sites for hydroxylation is 1. The summed E-state index contributed by atoms with van der Waals surface area (Å²) in [6, 6.07) is 7.65. The van der Waals surface area contributed by atoms with Crippen molar-refractivity contribution in [1.82, 2.24) is 9.88 Å². The van der Waals surface area contributed by atoms with Crippen LogP contribution in [-0.2, 0) is 22.5 Å². The first-order valence-electron chi connectivity index (χ1n) is 8.88. The third kappa shape index (κ3) is 3.37. The smallest absolute Gasteiger partial charge is 0.255 e. The Morgan fingerprint density at radius 2 is 2.19 bits per heavy atom. The van der Waals surface area contributed by atoms with E-state index in [-0.39, 0.29) is 17.9 Å². The molecule has 6 nitrogen and oxygen atoms in total. The SMILES string of the molecule is Cc1ccccc1C(=O)N1CCc2nc(NC(=O)C3CCCO3)sc2C1. The third-order valence-electron chi connectivity index (χ3n) is 4.85. The highest BCUT2D eigenvalue weighted by Gasteiger charge is 2.28. The Hall–Kier alpha value is -2.25. The number of hydrogen-bond acceptors (Lipinski definition) is 5. The number of thiazole rings is 1. The first-order valence-corrected chi connectivity index (χ1v) is 9.69. The minimum atomic E-state index is -0.366. The van der Waals surface area contributed by atoms with Crippen LogP contribution in [-0.4, -0.2) is 41.0 Å². The second-order valence-corrected chi connectivity index (χ2v) is 7.76. The third-order valence-corrected chi connectivity index (χ3v) is 5.84. The van der Waals surface area contributed by atoms with Gasteiger partial charge in [-0.15, -0.1) is 0 Å². The summed E-state index contributed by atoms with van der Waals surface area (Å²) in [7, 11) is 0. The van der Waals surface area contributed by atoms with Gasteiger partial charge in [-0.05, 0) is 31.4 Å². The van der Waals surface area contributed by atoms with E-state index < -0.39 is 0 Å². The number of aromatic nitrogens is 1. The number of hydrogen-bond donors (Lipinski definition) is 1. The molecule has 7 heteroatoms. The number of benzene rings is 1. The van der Waals surface area contributed by atoms with Gasteiger partial charge in [-0.2, -0.15) is 0 Å². The fraction of sp³-hybridized carbons (Fsp3) is 0.421. The van der Waals surface area contributed by atoms with Crippen LogP contribution >= 0.6 is 11.3 Å². The van der Waals surface area contributed by atoms with Crippen molar-refractivity contribution in [3.05, 3.63) is 46.0 Å². The van der Waals surface area contributed by atoms with E-state index in [0.717, 1.165) is 34.5 Å². The maximum Gasteiger partial charge on any atom is 0.255 e. The molecule has 2 aromatic rings. The van der Waals surface area contributed by atoms with E-state index in [1.807, 2.05) is 36.1 Å². The fourth-order valence-corrected chi connectivity index (χ4v) is 4.40. The van der Waals surface area contributed by atoms with Gasteiger partial charge in [0.25, 0.3) is 11.8 Å². The number of ether oxygens (including phenoxy) is 1. The van der Waals surface area contributed by atoms with E-state index in [0.29, 0.717) is 31.2 Å². The number of nitrogens with zero attached hydrogens (tertiary/aromatic N) is 2. The molecule has 1 N–H and O–H groups in total. The van der Waals surface area contributed by atoms with E-state index in [9.17, 15) is 9.59 Å². The molecule has 2 aliphatic heterocycles. The van der Waals surface area contributed by atoms with Crippen LogP contribution in [0, 0.1) is 6.92 Å². The first kappa shape index (κ1) is 17.2. The molecule has 136 valence electrons. The van der Waals surface area contributed by atoms with Crippen LogP contribution in [0.4, 0.5) is 5.13 Å². The molecule has 0 bridgehead atoms. The normalized spacial score (nSPS) is 19.3. The lowest BCUT2D eigenvalue weighted by molar-refractivity contribution is -0.124. The number of anilines is 1. The van der Waals surface area contributed by atoms with E-state index in [1.165, 1.54) is 11.3 Å². The van der Waals surface area contributed by atoms with Gasteiger partial charge in [-0.3, -0.25) is 14.9 Å². The van der Waals surface area contributed by atoms with E-state index in [2.05, 4.69) is 10.3 Å². The number of fused-ring (bicyclic) bond motifs is 1. The van der Waals surface area contributed by atoms with Crippen LogP contribution in [0.1, 0.15) is 39.3 Å². The largest absolute Gasteiger partial charge is 0.368 e. The summed E-state index contributed by atoms with van der Waals surface area (Å²) in [5.41, 5.74) is 2.70. The van der Waals surface area contributed by atoms with Crippen LogP contribution in [0.15, 0.2) is 24.3 Å². The predicted octanol–water partition coefficient (Wildman–Crippen LogP) is 2.77. The Morgan fingerprint density at radius 3 is 2.96 bits per heavy atom. The molecule has 2 aliphatic rings. The molecular weight excluding hydrogens is 350 g/mol. The maximum absolute atomic E-state index is 12.8. The molecule has 3 heterocycles. The summed E-state index contributed by atoms with van der Waals surface area (Å²) >= 11 is 1.45. The summed E-state index contributed by atoms with van der Waals surface area (Å²) in [5, 5.41) is 3.46. The molecular formula is C19H21N3O3S. The molecule has 1 fully saturated rings. The zero-order valence-corrected chi connectivity index (χ0v) is 15.5. The number of carbonyl (C=O) groups is 2. The van der Waals surface area contributed by atoms with E-state index in [1.54, 1.807) is 0 Å². The highest BCUT2D eigenvalue weighted by atomic mass is 32.1. The first-order chi connectivity index (χ1) is 12.6. The van der Waals surface area contributed by atoms with Crippen molar-refractivity contribution in [2.24, 2.45) is 0 Å². The second kappa shape index (κ2) is 7.17. The molecule has 0 radical (unpaired) electrons. The van der Waals surface area contributed by atoms with Crippen LogP contribution in [0.25, 0.3) is 0 Å². The Labute approximate surface area is 156 Å². The molecule has 0 spiro atoms. The van der Waals surface area contributed by atoms with Crippen LogP contribution < -0.4 is 5.32 Å². The quantitative estimate of drug-likeness (QED) is 0.901. The number of amides is 2. The molecule has 2 amide bonds. The van der Waals surface area contributed by atoms with Gasteiger partial charge in [0.1, 0.15) is 6.10 Å². The Kier molecular flexibility index (Phi) is 4.74. The molecule has 1 aromatic heterocycles. The molecule has 0 aliphatic carbocycles. The van der Waals surface area contributed by atoms with Gasteiger partial charge >= 0.3 is 0 Å². The van der Waals surface area contributed by atoms with Crippen LogP contribution in [0.5, 0.6) is 0 Å². The summed E-state index contributed by atoms with van der Waals surface area (Å²) < 4.78 is 5.41. The minimum Gasteiger partial charge on any atom is -0.368 e. The number of carbonyl (C=O) groups excluding carboxylic acids is 2. The summed E-state index contributed by atoms with van der Waals surface area (Å²) in [4.78, 5) is 32.4. The Balaban J connectivity index is 1.45. The van der Waals surface area contributed by atoms with Crippen molar-refractivity contribution < 1.29 is 14.3 Å². The zero-order chi connectivity index (χ0) is 18.1. The minimum absolute atomic E-state index is 0.0482. The predicted molar refractivity (Wildman–Crippen MR) is 99.3 cm³/mol. The van der Waals surface area contributed by atoms with Crippen molar-refractivity contribution in [3.8, 4) is 0 Å². The number of nitrogens with one attached hydrogen (secondary N) is 1. The van der Waals surface area contributed by atoms with Gasteiger partial charge in [-0.1, -0.05) is 29.5 Å². The molecule has 26 heavy (non-hydrogen) atoms. The van der Waals surface area contributed by atoms with Crippen molar-refractivity contribution in [2.75, 3.05) is 18.5 Å². The van der Waals surface area contributed by atoms with Gasteiger partial charge < -0.3 is 9.64 Å². The van der Waals surface area contributed by atoms with Crippen LogP contribution in [0.3, 0.4) is 0 Å². The lowest BCUT2D eigenvalue weighted by atomic mass is 10.1. The van der Waals surface area contributed by atoms with Crippen molar-refractivity contribution in [1.29, 1.82) is 0 Å². The maximum atomic E-state index is 12.8. The van der Waals surface area contributed by atoms with E-state index >= 15 is 0 Å². The topological polar surface area (TPSA) is 71.5 Å². The standard InChI is InChI=1S/C19H21N3O3S/c1-12-5-2-3-6-13(12)18(24)22-9-8-14-16(11-22)26-19(20-14)21-17(23)15-7-4-10-25-15/h2-3,5-6,15H,4,7-11H2,1H3,(H,20,21,23). The molecule has 1 saturated heterocycles. The van der Waals surface area contributed by atoms with Gasteiger partial charge in [0.15, 0.2) is 5.13 Å². The van der Waals surface area contributed by atoms with Crippen molar-refractivity contribution in [2.45, 2.75) is 38.8 Å². The van der Waals surface area contributed by atoms with E-state index in [4.69, 9.17) is 4.74 Å².